The molecule has 0 radical (unpaired) electrons. The van der Waals surface area contributed by atoms with E-state index < -0.39 is 5.97 Å². The van der Waals surface area contributed by atoms with Gasteiger partial charge < -0.3 is 10.4 Å². The third kappa shape index (κ3) is 4.45. The number of carbonyl (C=O) groups excluding carboxylic acids is 1. The Morgan fingerprint density at radius 1 is 1.19 bits per heavy atom. The highest BCUT2D eigenvalue weighted by Crippen LogP contribution is 2.48. The second-order valence-corrected chi connectivity index (χ2v) is 7.30. The predicted molar refractivity (Wildman–Crippen MR) is 81.8 cm³/mol. The van der Waals surface area contributed by atoms with Crippen molar-refractivity contribution in [3.05, 3.63) is 0 Å². The zero-order chi connectivity index (χ0) is 15.4. The average Bonchev–Trinajstić information content (AvgIpc) is 3.04. The van der Waals surface area contributed by atoms with Gasteiger partial charge in [0.2, 0.25) is 5.91 Å². The number of carboxylic acids is 1. The molecule has 2 bridgehead atoms. The van der Waals surface area contributed by atoms with Gasteiger partial charge in [0, 0.05) is 18.9 Å². The lowest BCUT2D eigenvalue weighted by Crippen LogP contribution is -2.35. The summed E-state index contributed by atoms with van der Waals surface area (Å²) in [6, 6.07) is 0. The van der Waals surface area contributed by atoms with E-state index in [4.69, 9.17) is 5.11 Å². The van der Waals surface area contributed by atoms with Crippen LogP contribution in [0.25, 0.3) is 0 Å². The summed E-state index contributed by atoms with van der Waals surface area (Å²) < 4.78 is 0. The summed E-state index contributed by atoms with van der Waals surface area (Å²) in [5, 5.41) is 11.9. The molecule has 1 amide bonds. The van der Waals surface area contributed by atoms with Gasteiger partial charge in [-0.25, -0.2) is 0 Å². The maximum absolute atomic E-state index is 12.2. The van der Waals surface area contributed by atoms with E-state index >= 15 is 0 Å². The Morgan fingerprint density at radius 2 is 1.95 bits per heavy atom. The van der Waals surface area contributed by atoms with Crippen molar-refractivity contribution in [2.75, 3.05) is 6.54 Å². The van der Waals surface area contributed by atoms with Crippen LogP contribution >= 0.6 is 0 Å². The molecular weight excluding hydrogens is 266 g/mol. The van der Waals surface area contributed by atoms with Crippen molar-refractivity contribution >= 4 is 11.9 Å². The molecule has 0 saturated heterocycles. The van der Waals surface area contributed by atoms with E-state index in [1.807, 2.05) is 0 Å². The second kappa shape index (κ2) is 7.28. The monoisotopic (exact) mass is 295 g/mol. The van der Waals surface area contributed by atoms with Crippen LogP contribution in [0.5, 0.6) is 0 Å². The first-order chi connectivity index (χ1) is 9.97. The van der Waals surface area contributed by atoms with Gasteiger partial charge in [0.05, 0.1) is 0 Å². The number of nitrogens with one attached hydrogen (secondary N) is 1. The highest BCUT2D eigenvalue weighted by atomic mass is 16.4. The Kier molecular flexibility index (Phi) is 5.65. The van der Waals surface area contributed by atoms with E-state index in [0.717, 1.165) is 18.8 Å². The normalized spacial score (nSPS) is 28.8. The third-order valence-corrected chi connectivity index (χ3v) is 5.56. The molecule has 0 spiro atoms. The van der Waals surface area contributed by atoms with Crippen LogP contribution in [0.3, 0.4) is 0 Å². The van der Waals surface area contributed by atoms with Gasteiger partial charge in [-0.05, 0) is 55.8 Å². The van der Waals surface area contributed by atoms with E-state index in [1.165, 1.54) is 19.3 Å². The number of aliphatic carboxylic acids is 1. The molecule has 0 heterocycles. The fourth-order valence-electron chi connectivity index (χ4n) is 4.20. The number of rotatable bonds is 8. The van der Waals surface area contributed by atoms with Crippen molar-refractivity contribution < 1.29 is 14.7 Å². The largest absolute Gasteiger partial charge is 0.481 e. The Morgan fingerprint density at radius 3 is 2.48 bits per heavy atom. The molecule has 2 aliphatic rings. The summed E-state index contributed by atoms with van der Waals surface area (Å²) >= 11 is 0. The van der Waals surface area contributed by atoms with Gasteiger partial charge in [-0.2, -0.15) is 0 Å². The molecule has 2 N–H and O–H groups in total. The Balaban J connectivity index is 1.69. The van der Waals surface area contributed by atoms with E-state index in [2.05, 4.69) is 19.2 Å². The van der Waals surface area contributed by atoms with Crippen molar-refractivity contribution in [1.29, 1.82) is 0 Å². The summed E-state index contributed by atoms with van der Waals surface area (Å²) in [5.74, 6) is 2.02. The first-order valence-corrected chi connectivity index (χ1v) is 8.46. The van der Waals surface area contributed by atoms with Gasteiger partial charge in [-0.3, -0.25) is 9.59 Å². The molecule has 0 aliphatic heterocycles. The lowest BCUT2D eigenvalue weighted by molar-refractivity contribution is -0.137. The molecule has 2 rings (SSSR count). The minimum absolute atomic E-state index is 0.225. The quantitative estimate of drug-likeness (QED) is 0.723. The van der Waals surface area contributed by atoms with Gasteiger partial charge in [0.1, 0.15) is 0 Å². The van der Waals surface area contributed by atoms with Gasteiger partial charge in [-0.15, -0.1) is 0 Å². The van der Waals surface area contributed by atoms with E-state index in [0.29, 0.717) is 30.7 Å². The fourth-order valence-corrected chi connectivity index (χ4v) is 4.20. The average molecular weight is 295 g/mol. The zero-order valence-electron chi connectivity index (χ0n) is 13.3. The smallest absolute Gasteiger partial charge is 0.303 e. The first kappa shape index (κ1) is 16.3. The SMILES string of the molecule is CC(C)C(CCNC(=O)C1CC2CCC1C2)CCC(=O)O. The number of hydrogen-bond donors (Lipinski definition) is 2. The van der Waals surface area contributed by atoms with Crippen LogP contribution in [-0.2, 0) is 9.59 Å². The molecule has 120 valence electrons. The minimum atomic E-state index is -0.730. The number of amides is 1. The molecular formula is C17H29NO3. The van der Waals surface area contributed by atoms with Crippen LogP contribution in [0.1, 0.15) is 58.8 Å². The minimum Gasteiger partial charge on any atom is -0.481 e. The third-order valence-electron chi connectivity index (χ3n) is 5.56. The molecule has 0 aromatic rings. The highest BCUT2D eigenvalue weighted by molar-refractivity contribution is 5.79. The van der Waals surface area contributed by atoms with Crippen LogP contribution in [0.15, 0.2) is 0 Å². The molecule has 4 nitrogen and oxygen atoms in total. The standard InChI is InChI=1S/C17H29NO3/c1-11(2)13(5-6-16(19)20)7-8-18-17(21)15-10-12-3-4-14(15)9-12/h11-15H,3-10H2,1-2H3,(H,18,21)(H,19,20). The number of carboxylic acid groups (broad SMARTS) is 1. The molecule has 0 aromatic heterocycles. The summed E-state index contributed by atoms with van der Waals surface area (Å²) in [6.45, 7) is 4.95. The van der Waals surface area contributed by atoms with Crippen LogP contribution in [0, 0.1) is 29.6 Å². The Labute approximate surface area is 127 Å². The second-order valence-electron chi connectivity index (χ2n) is 7.30. The molecule has 2 fully saturated rings. The Bertz CT molecular complexity index is 380. The van der Waals surface area contributed by atoms with Crippen LogP contribution < -0.4 is 5.32 Å². The van der Waals surface area contributed by atoms with Crippen molar-refractivity contribution in [3.63, 3.8) is 0 Å². The van der Waals surface area contributed by atoms with Crippen LogP contribution in [0.2, 0.25) is 0 Å². The fraction of sp³-hybridized carbons (Fsp3) is 0.882. The maximum atomic E-state index is 12.2. The lowest BCUT2D eigenvalue weighted by atomic mass is 9.87. The van der Waals surface area contributed by atoms with Crippen molar-refractivity contribution in [2.24, 2.45) is 29.6 Å². The summed E-state index contributed by atoms with van der Waals surface area (Å²) in [6.07, 6.45) is 6.71. The first-order valence-electron chi connectivity index (χ1n) is 8.46. The van der Waals surface area contributed by atoms with Crippen molar-refractivity contribution in [1.82, 2.24) is 5.32 Å². The number of fused-ring (bicyclic) bond motifs is 2. The molecule has 0 aromatic carbocycles. The van der Waals surface area contributed by atoms with E-state index in [1.54, 1.807) is 0 Å². The molecule has 4 heteroatoms. The van der Waals surface area contributed by atoms with Crippen LogP contribution in [-0.4, -0.2) is 23.5 Å². The molecule has 2 aliphatic carbocycles. The topological polar surface area (TPSA) is 66.4 Å². The van der Waals surface area contributed by atoms with Gasteiger partial charge in [0.15, 0.2) is 0 Å². The molecule has 4 unspecified atom stereocenters. The van der Waals surface area contributed by atoms with Crippen molar-refractivity contribution in [2.45, 2.75) is 58.8 Å². The zero-order valence-corrected chi connectivity index (χ0v) is 13.3. The number of carbonyl (C=O) groups is 2. The molecule has 2 saturated carbocycles. The lowest BCUT2D eigenvalue weighted by Gasteiger charge is -2.23. The predicted octanol–water partition coefficient (Wildman–Crippen LogP) is 3.07. The summed E-state index contributed by atoms with van der Waals surface area (Å²) in [5.41, 5.74) is 0. The van der Waals surface area contributed by atoms with E-state index in [-0.39, 0.29) is 18.2 Å². The summed E-state index contributed by atoms with van der Waals surface area (Å²) in [4.78, 5) is 22.9. The van der Waals surface area contributed by atoms with Gasteiger partial charge in [0.25, 0.3) is 0 Å². The van der Waals surface area contributed by atoms with Gasteiger partial charge >= 0.3 is 5.97 Å². The highest BCUT2D eigenvalue weighted by Gasteiger charge is 2.42. The van der Waals surface area contributed by atoms with Crippen molar-refractivity contribution in [3.8, 4) is 0 Å². The summed E-state index contributed by atoms with van der Waals surface area (Å²) in [7, 11) is 0. The Hall–Kier alpha value is -1.06. The number of hydrogen-bond acceptors (Lipinski definition) is 2. The van der Waals surface area contributed by atoms with E-state index in [9.17, 15) is 9.59 Å². The maximum Gasteiger partial charge on any atom is 0.303 e. The van der Waals surface area contributed by atoms with Gasteiger partial charge in [-0.1, -0.05) is 20.3 Å². The van der Waals surface area contributed by atoms with Crippen LogP contribution in [0.4, 0.5) is 0 Å². The molecule has 21 heavy (non-hydrogen) atoms. The molecule has 4 atom stereocenters.